The van der Waals surface area contributed by atoms with Crippen molar-refractivity contribution in [3.63, 3.8) is 0 Å². The van der Waals surface area contributed by atoms with E-state index < -0.39 is 11.4 Å². The topological polar surface area (TPSA) is 81.5 Å². The average Bonchev–Trinajstić information content (AvgIpc) is 2.69. The van der Waals surface area contributed by atoms with Crippen molar-refractivity contribution < 1.29 is 14.6 Å². The molecule has 3 rings (SSSR count). The Balaban J connectivity index is 1.73. The van der Waals surface area contributed by atoms with Crippen LogP contribution in [0.3, 0.4) is 0 Å². The number of aromatic nitrogens is 2. The van der Waals surface area contributed by atoms with Gasteiger partial charge in [0.1, 0.15) is 16.7 Å². The Kier molecular flexibility index (Phi) is 7.86. The standard InChI is InChI=1S/C23H32ClFN4O2/c1-15(6-9-30)28-20-11-21(24)26-13-18(20)22-19(25)10-16(12-27-22)14-29-7-4-17(5-8-29)23(2,3)31/h10-13,15,17,30-31H,4-9,14H2,1-3H3,(H,26,28)/t15-/m0/s1. The minimum absolute atomic E-state index is 0.0172. The van der Waals surface area contributed by atoms with E-state index in [1.807, 2.05) is 20.8 Å². The summed E-state index contributed by atoms with van der Waals surface area (Å²) in [5, 5.41) is 22.9. The van der Waals surface area contributed by atoms with Crippen LogP contribution in [0, 0.1) is 11.7 Å². The first kappa shape index (κ1) is 23.9. The second-order valence-corrected chi connectivity index (χ2v) is 9.38. The monoisotopic (exact) mass is 450 g/mol. The minimum Gasteiger partial charge on any atom is -0.396 e. The number of nitrogens with zero attached hydrogens (tertiary/aromatic N) is 3. The third-order valence-electron chi connectivity index (χ3n) is 5.98. The zero-order valence-corrected chi connectivity index (χ0v) is 19.2. The number of likely N-dealkylation sites (tertiary alicyclic amines) is 1. The van der Waals surface area contributed by atoms with E-state index in [2.05, 4.69) is 20.2 Å². The molecule has 0 spiro atoms. The van der Waals surface area contributed by atoms with Crippen LogP contribution in [-0.2, 0) is 6.54 Å². The highest BCUT2D eigenvalue weighted by molar-refractivity contribution is 6.29. The van der Waals surface area contributed by atoms with Crippen LogP contribution in [0.15, 0.2) is 24.5 Å². The third-order valence-corrected chi connectivity index (χ3v) is 6.19. The van der Waals surface area contributed by atoms with Crippen molar-refractivity contribution in [2.45, 2.75) is 58.2 Å². The van der Waals surface area contributed by atoms with Crippen LogP contribution < -0.4 is 5.32 Å². The first-order valence-electron chi connectivity index (χ1n) is 10.8. The van der Waals surface area contributed by atoms with Crippen molar-refractivity contribution in [3.8, 4) is 11.3 Å². The summed E-state index contributed by atoms with van der Waals surface area (Å²) in [6.45, 7) is 8.08. The molecule has 1 aliphatic heterocycles. The van der Waals surface area contributed by atoms with Gasteiger partial charge in [0.15, 0.2) is 0 Å². The Morgan fingerprint density at radius 3 is 2.58 bits per heavy atom. The van der Waals surface area contributed by atoms with E-state index in [4.69, 9.17) is 16.7 Å². The Morgan fingerprint density at radius 1 is 1.26 bits per heavy atom. The predicted molar refractivity (Wildman–Crippen MR) is 122 cm³/mol. The quantitative estimate of drug-likeness (QED) is 0.525. The maximum atomic E-state index is 15.0. The number of hydrogen-bond acceptors (Lipinski definition) is 6. The lowest BCUT2D eigenvalue weighted by molar-refractivity contribution is -0.0136. The van der Waals surface area contributed by atoms with Gasteiger partial charge in [-0.1, -0.05) is 11.6 Å². The molecule has 2 aromatic heterocycles. The summed E-state index contributed by atoms with van der Waals surface area (Å²) < 4.78 is 15.0. The number of anilines is 1. The van der Waals surface area contributed by atoms with Crippen LogP contribution in [0.1, 0.15) is 45.6 Å². The van der Waals surface area contributed by atoms with E-state index in [9.17, 15) is 5.11 Å². The fourth-order valence-corrected chi connectivity index (χ4v) is 4.25. The van der Waals surface area contributed by atoms with Gasteiger partial charge < -0.3 is 15.5 Å². The molecule has 0 unspecified atom stereocenters. The smallest absolute Gasteiger partial charge is 0.149 e. The van der Waals surface area contributed by atoms with Crippen molar-refractivity contribution in [2.24, 2.45) is 5.92 Å². The van der Waals surface area contributed by atoms with Crippen LogP contribution in [0.4, 0.5) is 10.1 Å². The molecule has 6 nitrogen and oxygen atoms in total. The fourth-order valence-electron chi connectivity index (χ4n) is 4.09. The van der Waals surface area contributed by atoms with Crippen molar-refractivity contribution >= 4 is 17.3 Å². The SMILES string of the molecule is C[C@@H](CCO)Nc1cc(Cl)ncc1-c1ncc(CN2CCC(C(C)(C)O)CC2)cc1F. The largest absolute Gasteiger partial charge is 0.396 e. The lowest BCUT2D eigenvalue weighted by Crippen LogP contribution is -2.41. The minimum atomic E-state index is -0.658. The lowest BCUT2D eigenvalue weighted by atomic mass is 9.83. The number of hydrogen-bond donors (Lipinski definition) is 3. The maximum Gasteiger partial charge on any atom is 0.149 e. The lowest BCUT2D eigenvalue weighted by Gasteiger charge is -2.37. The maximum absolute atomic E-state index is 15.0. The van der Waals surface area contributed by atoms with Crippen LogP contribution in [0.25, 0.3) is 11.3 Å². The number of pyridine rings is 2. The molecule has 1 fully saturated rings. The van der Waals surface area contributed by atoms with E-state index in [-0.39, 0.29) is 24.3 Å². The molecule has 3 heterocycles. The van der Waals surface area contributed by atoms with Gasteiger partial charge in [0.05, 0.1) is 5.60 Å². The van der Waals surface area contributed by atoms with Gasteiger partial charge in [0, 0.05) is 42.8 Å². The molecule has 2 aromatic rings. The molecule has 170 valence electrons. The molecule has 1 aliphatic rings. The number of nitrogens with one attached hydrogen (secondary N) is 1. The number of aliphatic hydroxyl groups is 2. The van der Waals surface area contributed by atoms with Gasteiger partial charge in [-0.3, -0.25) is 9.88 Å². The first-order chi connectivity index (χ1) is 14.7. The van der Waals surface area contributed by atoms with Gasteiger partial charge in [-0.2, -0.15) is 0 Å². The van der Waals surface area contributed by atoms with Crippen molar-refractivity contribution in [1.29, 1.82) is 0 Å². The number of halogens is 2. The molecule has 0 aromatic carbocycles. The van der Waals surface area contributed by atoms with E-state index >= 15 is 4.39 Å². The van der Waals surface area contributed by atoms with Crippen LogP contribution >= 0.6 is 11.6 Å². The molecule has 0 aliphatic carbocycles. The summed E-state index contributed by atoms with van der Waals surface area (Å²) in [5.41, 5.74) is 1.53. The predicted octanol–water partition coefficient (Wildman–Crippen LogP) is 4.10. The molecule has 1 atom stereocenters. The zero-order chi connectivity index (χ0) is 22.6. The molecule has 0 bridgehead atoms. The molecule has 0 radical (unpaired) electrons. The zero-order valence-electron chi connectivity index (χ0n) is 18.4. The summed E-state index contributed by atoms with van der Waals surface area (Å²) >= 11 is 6.04. The third kappa shape index (κ3) is 6.35. The summed E-state index contributed by atoms with van der Waals surface area (Å²) in [7, 11) is 0. The number of rotatable bonds is 8. The Hall–Kier alpha value is -1.80. The molecule has 1 saturated heterocycles. The van der Waals surface area contributed by atoms with E-state index in [1.165, 1.54) is 12.3 Å². The molecular formula is C23H32ClFN4O2. The Labute approximate surface area is 188 Å². The Morgan fingerprint density at radius 2 is 1.97 bits per heavy atom. The van der Waals surface area contributed by atoms with Crippen LogP contribution in [0.5, 0.6) is 0 Å². The fraction of sp³-hybridized carbons (Fsp3) is 0.565. The molecule has 8 heteroatoms. The molecule has 3 N–H and O–H groups in total. The summed E-state index contributed by atoms with van der Waals surface area (Å²) in [5.74, 6) is -0.122. The van der Waals surface area contributed by atoms with Gasteiger partial charge in [0.25, 0.3) is 0 Å². The van der Waals surface area contributed by atoms with Gasteiger partial charge in [0.2, 0.25) is 0 Å². The highest BCUT2D eigenvalue weighted by atomic mass is 35.5. The second kappa shape index (κ2) is 10.2. The van der Waals surface area contributed by atoms with E-state index in [0.717, 1.165) is 31.5 Å². The van der Waals surface area contributed by atoms with Crippen LogP contribution in [-0.4, -0.2) is 56.4 Å². The number of aliphatic hydroxyl groups excluding tert-OH is 1. The molecule has 31 heavy (non-hydrogen) atoms. The highest BCUT2D eigenvalue weighted by Gasteiger charge is 2.30. The van der Waals surface area contributed by atoms with E-state index in [0.29, 0.717) is 29.4 Å². The molecular weight excluding hydrogens is 419 g/mol. The summed E-state index contributed by atoms with van der Waals surface area (Å²) in [6, 6.07) is 3.16. The van der Waals surface area contributed by atoms with Gasteiger partial charge in [-0.15, -0.1) is 0 Å². The number of piperidine rings is 1. The normalized spacial score (nSPS) is 17.0. The molecule has 0 saturated carbocycles. The molecule has 0 amide bonds. The van der Waals surface area contributed by atoms with Gasteiger partial charge >= 0.3 is 0 Å². The average molecular weight is 451 g/mol. The van der Waals surface area contributed by atoms with Crippen molar-refractivity contribution in [3.05, 3.63) is 41.1 Å². The van der Waals surface area contributed by atoms with E-state index in [1.54, 1.807) is 12.3 Å². The van der Waals surface area contributed by atoms with Gasteiger partial charge in [-0.25, -0.2) is 9.37 Å². The highest BCUT2D eigenvalue weighted by Crippen LogP contribution is 2.32. The Bertz CT molecular complexity index is 882. The first-order valence-corrected chi connectivity index (χ1v) is 11.2. The second-order valence-electron chi connectivity index (χ2n) is 8.99. The summed E-state index contributed by atoms with van der Waals surface area (Å²) in [4.78, 5) is 10.8. The van der Waals surface area contributed by atoms with Gasteiger partial charge in [-0.05, 0) is 76.7 Å². The van der Waals surface area contributed by atoms with Crippen molar-refractivity contribution in [1.82, 2.24) is 14.9 Å². The van der Waals surface area contributed by atoms with Crippen LogP contribution in [0.2, 0.25) is 5.15 Å². The summed E-state index contributed by atoms with van der Waals surface area (Å²) in [6.07, 6.45) is 5.63. The van der Waals surface area contributed by atoms with Crippen molar-refractivity contribution in [2.75, 3.05) is 25.0 Å².